The number of methoxy groups -OCH3 is 1. The number of nitrogens with zero attached hydrogens (tertiary/aromatic N) is 2. The van der Waals surface area contributed by atoms with Gasteiger partial charge in [0.15, 0.2) is 0 Å². The van der Waals surface area contributed by atoms with Gasteiger partial charge in [-0.05, 0) is 54.3 Å². The first-order chi connectivity index (χ1) is 12.6. The summed E-state index contributed by atoms with van der Waals surface area (Å²) in [6.45, 7) is 1.83. The maximum Gasteiger partial charge on any atom is 0.242 e. The number of rotatable bonds is 3. The van der Waals surface area contributed by atoms with Crippen LogP contribution in [-0.4, -0.2) is 23.7 Å². The van der Waals surface area contributed by atoms with Gasteiger partial charge in [-0.25, -0.2) is 9.40 Å². The van der Waals surface area contributed by atoms with E-state index in [1.807, 2.05) is 31.2 Å². The summed E-state index contributed by atoms with van der Waals surface area (Å²) in [6, 6.07) is 12.2. The third-order valence-electron chi connectivity index (χ3n) is 5.27. The standard InChI is InChI=1S/C21H21FN2O2/c1-3-19(25)24-21(14-5-4-6-15(22)11-14)18-9-7-13-12-16(26-2)8-10-17(13)20(18)23-24/h4-6,8,10-12,18,21H,3,7,9H2,1-2H3/t18-,21-/m0/s1. The molecule has 0 spiro atoms. The molecule has 0 unspecified atom stereocenters. The Hall–Kier alpha value is -2.69. The summed E-state index contributed by atoms with van der Waals surface area (Å²) in [4.78, 5) is 12.5. The van der Waals surface area contributed by atoms with Gasteiger partial charge in [0, 0.05) is 17.9 Å². The second kappa shape index (κ2) is 6.56. The SMILES string of the molecule is CCC(=O)N1N=C2c3ccc(OC)cc3CC[C@@H]2[C@@H]1c1cccc(F)c1. The molecule has 4 rings (SSSR count). The van der Waals surface area contributed by atoms with E-state index in [9.17, 15) is 9.18 Å². The number of halogens is 1. The minimum absolute atomic E-state index is 0.0452. The summed E-state index contributed by atoms with van der Waals surface area (Å²) >= 11 is 0. The molecule has 1 aliphatic carbocycles. The number of hydrogen-bond acceptors (Lipinski definition) is 3. The van der Waals surface area contributed by atoms with Crippen LogP contribution in [0.15, 0.2) is 47.6 Å². The molecule has 0 aromatic heterocycles. The Morgan fingerprint density at radius 3 is 2.88 bits per heavy atom. The number of carbonyl (C=O) groups is 1. The smallest absolute Gasteiger partial charge is 0.242 e. The van der Waals surface area contributed by atoms with Gasteiger partial charge in [0.05, 0.1) is 18.9 Å². The van der Waals surface area contributed by atoms with E-state index in [2.05, 4.69) is 0 Å². The quantitative estimate of drug-likeness (QED) is 0.835. The van der Waals surface area contributed by atoms with E-state index in [1.165, 1.54) is 17.7 Å². The van der Waals surface area contributed by atoms with E-state index in [0.717, 1.165) is 35.4 Å². The summed E-state index contributed by atoms with van der Waals surface area (Å²) in [7, 11) is 1.65. The zero-order valence-corrected chi connectivity index (χ0v) is 14.9. The van der Waals surface area contributed by atoms with Crippen molar-refractivity contribution >= 4 is 11.6 Å². The highest BCUT2D eigenvalue weighted by Crippen LogP contribution is 2.44. The first kappa shape index (κ1) is 16.8. The van der Waals surface area contributed by atoms with Crippen molar-refractivity contribution in [3.8, 4) is 5.75 Å². The van der Waals surface area contributed by atoms with Crippen molar-refractivity contribution < 1.29 is 13.9 Å². The van der Waals surface area contributed by atoms with Crippen molar-refractivity contribution in [2.75, 3.05) is 7.11 Å². The fourth-order valence-corrected chi connectivity index (χ4v) is 4.02. The van der Waals surface area contributed by atoms with Gasteiger partial charge in [0.25, 0.3) is 0 Å². The van der Waals surface area contributed by atoms with Crippen LogP contribution in [0.25, 0.3) is 0 Å². The molecule has 1 aliphatic heterocycles. The van der Waals surface area contributed by atoms with Crippen LogP contribution >= 0.6 is 0 Å². The van der Waals surface area contributed by atoms with Crippen molar-refractivity contribution in [1.29, 1.82) is 0 Å². The summed E-state index contributed by atoms with van der Waals surface area (Å²) in [5.41, 5.74) is 3.97. The van der Waals surface area contributed by atoms with E-state index in [-0.39, 0.29) is 23.7 Å². The van der Waals surface area contributed by atoms with Crippen LogP contribution in [0.1, 0.15) is 42.5 Å². The van der Waals surface area contributed by atoms with E-state index in [4.69, 9.17) is 9.84 Å². The maximum atomic E-state index is 13.8. The second-order valence-corrected chi connectivity index (χ2v) is 6.75. The lowest BCUT2D eigenvalue weighted by Crippen LogP contribution is -2.32. The third kappa shape index (κ3) is 2.68. The molecule has 2 atom stereocenters. The molecule has 26 heavy (non-hydrogen) atoms. The highest BCUT2D eigenvalue weighted by atomic mass is 19.1. The van der Waals surface area contributed by atoms with E-state index in [1.54, 1.807) is 18.2 Å². The molecular weight excluding hydrogens is 331 g/mol. The molecule has 0 saturated heterocycles. The van der Waals surface area contributed by atoms with Crippen molar-refractivity contribution in [3.63, 3.8) is 0 Å². The van der Waals surface area contributed by atoms with Crippen LogP contribution in [0.4, 0.5) is 4.39 Å². The summed E-state index contributed by atoms with van der Waals surface area (Å²) < 4.78 is 19.1. The van der Waals surface area contributed by atoms with Gasteiger partial charge in [-0.1, -0.05) is 19.1 Å². The lowest BCUT2D eigenvalue weighted by molar-refractivity contribution is -0.133. The van der Waals surface area contributed by atoms with Gasteiger partial charge in [-0.15, -0.1) is 0 Å². The molecule has 1 amide bonds. The molecule has 2 aromatic carbocycles. The zero-order valence-electron chi connectivity index (χ0n) is 14.9. The van der Waals surface area contributed by atoms with Gasteiger partial charge in [-0.2, -0.15) is 5.10 Å². The molecule has 0 N–H and O–H groups in total. The molecule has 4 nitrogen and oxygen atoms in total. The molecule has 0 saturated carbocycles. The molecule has 0 radical (unpaired) electrons. The molecule has 134 valence electrons. The normalized spacial score (nSPS) is 21.0. The van der Waals surface area contributed by atoms with E-state index >= 15 is 0 Å². The number of aryl methyl sites for hydroxylation is 1. The van der Waals surface area contributed by atoms with Gasteiger partial charge in [-0.3, -0.25) is 4.79 Å². The van der Waals surface area contributed by atoms with Crippen LogP contribution in [0, 0.1) is 11.7 Å². The molecule has 5 heteroatoms. The number of ether oxygens (including phenoxy) is 1. The lowest BCUT2D eigenvalue weighted by Gasteiger charge is -2.29. The third-order valence-corrected chi connectivity index (χ3v) is 5.27. The number of fused-ring (bicyclic) bond motifs is 3. The molecule has 2 aliphatic rings. The van der Waals surface area contributed by atoms with Gasteiger partial charge < -0.3 is 4.74 Å². The Bertz CT molecular complexity index is 893. The monoisotopic (exact) mass is 352 g/mol. The number of hydrogen-bond donors (Lipinski definition) is 0. The van der Waals surface area contributed by atoms with E-state index < -0.39 is 0 Å². The largest absolute Gasteiger partial charge is 0.497 e. The fraction of sp³-hybridized carbons (Fsp3) is 0.333. The van der Waals surface area contributed by atoms with E-state index in [0.29, 0.717) is 6.42 Å². The van der Waals surface area contributed by atoms with Crippen LogP contribution in [0.2, 0.25) is 0 Å². The second-order valence-electron chi connectivity index (χ2n) is 6.75. The average Bonchev–Trinajstić information content (AvgIpc) is 3.06. The van der Waals surface area contributed by atoms with Crippen molar-refractivity contribution in [2.45, 2.75) is 32.2 Å². The highest BCUT2D eigenvalue weighted by Gasteiger charge is 2.43. The molecular formula is C21H21FN2O2. The molecule has 0 bridgehead atoms. The van der Waals surface area contributed by atoms with Gasteiger partial charge in [0.2, 0.25) is 5.91 Å². The first-order valence-electron chi connectivity index (χ1n) is 8.95. The number of benzene rings is 2. The average molecular weight is 352 g/mol. The topological polar surface area (TPSA) is 41.9 Å². The van der Waals surface area contributed by atoms with Crippen molar-refractivity contribution in [1.82, 2.24) is 5.01 Å². The molecule has 2 aromatic rings. The Morgan fingerprint density at radius 2 is 2.15 bits per heavy atom. The van der Waals surface area contributed by atoms with Crippen LogP contribution in [0.3, 0.4) is 0 Å². The van der Waals surface area contributed by atoms with Gasteiger partial charge >= 0.3 is 0 Å². The zero-order chi connectivity index (χ0) is 18.3. The number of amides is 1. The number of carbonyl (C=O) groups excluding carboxylic acids is 1. The number of hydrazone groups is 1. The fourth-order valence-electron chi connectivity index (χ4n) is 4.02. The summed E-state index contributed by atoms with van der Waals surface area (Å²) in [6.07, 6.45) is 2.12. The van der Waals surface area contributed by atoms with Crippen LogP contribution < -0.4 is 4.74 Å². The Balaban J connectivity index is 1.80. The maximum absolute atomic E-state index is 13.8. The van der Waals surface area contributed by atoms with Crippen LogP contribution in [0.5, 0.6) is 5.75 Å². The summed E-state index contributed by atoms with van der Waals surface area (Å²) in [5, 5.41) is 6.27. The predicted octanol–water partition coefficient (Wildman–Crippen LogP) is 4.09. The Kier molecular flexibility index (Phi) is 4.23. The predicted molar refractivity (Wildman–Crippen MR) is 97.6 cm³/mol. The summed E-state index contributed by atoms with van der Waals surface area (Å²) in [5.74, 6) is 0.564. The highest BCUT2D eigenvalue weighted by molar-refractivity contribution is 6.07. The minimum Gasteiger partial charge on any atom is -0.497 e. The van der Waals surface area contributed by atoms with Crippen LogP contribution in [-0.2, 0) is 11.2 Å². The lowest BCUT2D eigenvalue weighted by atomic mass is 9.77. The minimum atomic E-state index is -0.291. The van der Waals surface area contributed by atoms with Crippen molar-refractivity contribution in [2.24, 2.45) is 11.0 Å². The van der Waals surface area contributed by atoms with Crippen molar-refractivity contribution in [3.05, 3.63) is 65.0 Å². The molecule has 0 fully saturated rings. The van der Waals surface area contributed by atoms with Gasteiger partial charge in [0.1, 0.15) is 11.6 Å². The Morgan fingerprint density at radius 1 is 1.31 bits per heavy atom. The molecule has 1 heterocycles. The first-order valence-corrected chi connectivity index (χ1v) is 8.95. The Labute approximate surface area is 152 Å².